The highest BCUT2D eigenvalue weighted by molar-refractivity contribution is 9.10. The second kappa shape index (κ2) is 4.66. The van der Waals surface area contributed by atoms with E-state index in [2.05, 4.69) is 27.8 Å². The Balaban J connectivity index is 3.25. The van der Waals surface area contributed by atoms with Crippen molar-refractivity contribution in [2.24, 2.45) is 0 Å². The van der Waals surface area contributed by atoms with E-state index < -0.39 is 17.7 Å². The van der Waals surface area contributed by atoms with Crippen LogP contribution in [0, 0.1) is 11.6 Å². The van der Waals surface area contributed by atoms with Crippen LogP contribution in [-0.2, 0) is 0 Å². The summed E-state index contributed by atoms with van der Waals surface area (Å²) in [4.78, 5) is 0. The second-order valence-electron chi connectivity index (χ2n) is 2.79. The zero-order chi connectivity index (χ0) is 10.7. The Morgan fingerprint density at radius 3 is 2.29 bits per heavy atom. The first-order chi connectivity index (χ1) is 6.60. The van der Waals surface area contributed by atoms with Gasteiger partial charge in [-0.05, 0) is 19.2 Å². The van der Waals surface area contributed by atoms with Crippen LogP contribution in [0.2, 0.25) is 0 Å². The quantitative estimate of drug-likeness (QED) is 0.825. The van der Waals surface area contributed by atoms with E-state index >= 15 is 0 Å². The Morgan fingerprint density at radius 2 is 1.93 bits per heavy atom. The molecule has 1 N–H and O–H groups in total. The fraction of sp³-hybridized carbons (Fsp3) is 0.200. The monoisotopic (exact) mass is 261 g/mol. The minimum absolute atomic E-state index is 0.00861. The van der Waals surface area contributed by atoms with Gasteiger partial charge in [0, 0.05) is 10.0 Å². The van der Waals surface area contributed by atoms with Gasteiger partial charge in [0.05, 0.1) is 6.04 Å². The topological polar surface area (TPSA) is 12.0 Å². The standard InChI is InChI=1S/C10H10BrF2N/c1-3-9(14-2)10-7(12)4-6(11)5-8(10)13/h3-5,9,14H,1H2,2H3. The van der Waals surface area contributed by atoms with Gasteiger partial charge in [0.1, 0.15) is 11.6 Å². The van der Waals surface area contributed by atoms with Crippen LogP contribution >= 0.6 is 15.9 Å². The first-order valence-electron chi connectivity index (χ1n) is 4.04. The lowest BCUT2D eigenvalue weighted by atomic mass is 10.1. The third-order valence-electron chi connectivity index (χ3n) is 1.90. The van der Waals surface area contributed by atoms with Crippen molar-refractivity contribution in [2.45, 2.75) is 6.04 Å². The largest absolute Gasteiger partial charge is 0.310 e. The Labute approximate surface area is 90.0 Å². The summed E-state index contributed by atoms with van der Waals surface area (Å²) in [5, 5.41) is 2.76. The van der Waals surface area contributed by atoms with Gasteiger partial charge >= 0.3 is 0 Å². The van der Waals surface area contributed by atoms with E-state index in [1.807, 2.05) is 0 Å². The van der Waals surface area contributed by atoms with Gasteiger partial charge in [0.15, 0.2) is 0 Å². The molecule has 1 aromatic carbocycles. The highest BCUT2D eigenvalue weighted by Gasteiger charge is 2.16. The smallest absolute Gasteiger partial charge is 0.132 e. The summed E-state index contributed by atoms with van der Waals surface area (Å²) < 4.78 is 27.1. The number of benzene rings is 1. The Kier molecular flexibility index (Phi) is 3.77. The van der Waals surface area contributed by atoms with Crippen LogP contribution in [0.1, 0.15) is 11.6 Å². The van der Waals surface area contributed by atoms with Crippen LogP contribution in [0.4, 0.5) is 8.78 Å². The zero-order valence-electron chi connectivity index (χ0n) is 7.65. The van der Waals surface area contributed by atoms with Crippen molar-refractivity contribution in [1.29, 1.82) is 0 Å². The first kappa shape index (κ1) is 11.3. The summed E-state index contributed by atoms with van der Waals surface area (Å²) in [5.74, 6) is -1.17. The van der Waals surface area contributed by atoms with E-state index in [0.29, 0.717) is 4.47 Å². The van der Waals surface area contributed by atoms with Gasteiger partial charge < -0.3 is 5.32 Å². The van der Waals surface area contributed by atoms with Crippen LogP contribution < -0.4 is 5.32 Å². The molecule has 0 aliphatic carbocycles. The lowest BCUT2D eigenvalue weighted by Crippen LogP contribution is -2.16. The van der Waals surface area contributed by atoms with Gasteiger partial charge in [-0.1, -0.05) is 22.0 Å². The summed E-state index contributed by atoms with van der Waals surface area (Å²) in [7, 11) is 1.62. The summed E-state index contributed by atoms with van der Waals surface area (Å²) in [5.41, 5.74) is -0.00861. The molecule has 1 rings (SSSR count). The number of likely N-dealkylation sites (N-methyl/N-ethyl adjacent to an activating group) is 1. The van der Waals surface area contributed by atoms with Gasteiger partial charge in [0.2, 0.25) is 0 Å². The minimum atomic E-state index is -0.587. The Morgan fingerprint density at radius 1 is 1.43 bits per heavy atom. The molecule has 1 aromatic rings. The maximum atomic E-state index is 13.4. The minimum Gasteiger partial charge on any atom is -0.310 e. The predicted octanol–water partition coefficient (Wildman–Crippen LogP) is 3.17. The van der Waals surface area contributed by atoms with E-state index in [0.717, 1.165) is 0 Å². The lowest BCUT2D eigenvalue weighted by molar-refractivity contribution is 0.526. The third kappa shape index (κ3) is 2.19. The van der Waals surface area contributed by atoms with Gasteiger partial charge in [0.25, 0.3) is 0 Å². The summed E-state index contributed by atoms with van der Waals surface area (Å²) in [6.07, 6.45) is 1.45. The second-order valence-corrected chi connectivity index (χ2v) is 3.70. The average molecular weight is 262 g/mol. The number of rotatable bonds is 3. The zero-order valence-corrected chi connectivity index (χ0v) is 9.24. The molecule has 14 heavy (non-hydrogen) atoms. The van der Waals surface area contributed by atoms with Crippen LogP contribution in [0.3, 0.4) is 0 Å². The van der Waals surface area contributed by atoms with Gasteiger partial charge in [-0.2, -0.15) is 0 Å². The van der Waals surface area contributed by atoms with Crippen LogP contribution in [0.5, 0.6) is 0 Å². The molecule has 0 aliphatic heterocycles. The molecule has 4 heteroatoms. The van der Waals surface area contributed by atoms with Crippen molar-refractivity contribution in [1.82, 2.24) is 5.32 Å². The van der Waals surface area contributed by atoms with Crippen molar-refractivity contribution in [3.8, 4) is 0 Å². The molecule has 76 valence electrons. The van der Waals surface area contributed by atoms with Crippen molar-refractivity contribution in [2.75, 3.05) is 7.05 Å². The van der Waals surface area contributed by atoms with Crippen molar-refractivity contribution in [3.05, 3.63) is 46.5 Å². The molecule has 0 saturated heterocycles. The lowest BCUT2D eigenvalue weighted by Gasteiger charge is -2.13. The van der Waals surface area contributed by atoms with Crippen LogP contribution in [-0.4, -0.2) is 7.05 Å². The predicted molar refractivity (Wildman–Crippen MR) is 56.1 cm³/mol. The van der Waals surface area contributed by atoms with Gasteiger partial charge in [-0.25, -0.2) is 8.78 Å². The molecule has 0 aromatic heterocycles. The molecule has 0 heterocycles. The van der Waals surface area contributed by atoms with Crippen molar-refractivity contribution < 1.29 is 8.78 Å². The van der Waals surface area contributed by atoms with E-state index in [-0.39, 0.29) is 5.56 Å². The highest BCUT2D eigenvalue weighted by atomic mass is 79.9. The van der Waals surface area contributed by atoms with Gasteiger partial charge in [-0.3, -0.25) is 0 Å². The number of nitrogens with one attached hydrogen (secondary N) is 1. The molecule has 0 radical (unpaired) electrons. The summed E-state index contributed by atoms with van der Waals surface area (Å²) in [6, 6.07) is 1.95. The highest BCUT2D eigenvalue weighted by Crippen LogP contribution is 2.25. The number of halogens is 3. The van der Waals surface area contributed by atoms with Crippen molar-refractivity contribution in [3.63, 3.8) is 0 Å². The van der Waals surface area contributed by atoms with E-state index in [1.54, 1.807) is 7.05 Å². The SMILES string of the molecule is C=CC(NC)c1c(F)cc(Br)cc1F. The number of hydrogen-bond donors (Lipinski definition) is 1. The maximum absolute atomic E-state index is 13.4. The molecule has 0 spiro atoms. The van der Waals surface area contributed by atoms with E-state index in [9.17, 15) is 8.78 Å². The van der Waals surface area contributed by atoms with Crippen molar-refractivity contribution >= 4 is 15.9 Å². The molecule has 1 atom stereocenters. The first-order valence-corrected chi connectivity index (χ1v) is 4.83. The van der Waals surface area contributed by atoms with Crippen LogP contribution in [0.15, 0.2) is 29.3 Å². The molecular formula is C10H10BrF2N. The number of hydrogen-bond acceptors (Lipinski definition) is 1. The van der Waals surface area contributed by atoms with E-state index in [4.69, 9.17) is 0 Å². The molecule has 1 nitrogen and oxygen atoms in total. The fourth-order valence-corrected chi connectivity index (χ4v) is 1.63. The molecule has 0 aliphatic rings. The average Bonchev–Trinajstić information content (AvgIpc) is 2.10. The molecule has 0 bridgehead atoms. The third-order valence-corrected chi connectivity index (χ3v) is 2.36. The fourth-order valence-electron chi connectivity index (χ4n) is 1.23. The summed E-state index contributed by atoms with van der Waals surface area (Å²) in [6.45, 7) is 3.51. The van der Waals surface area contributed by atoms with E-state index in [1.165, 1.54) is 18.2 Å². The molecule has 0 saturated carbocycles. The van der Waals surface area contributed by atoms with Crippen LogP contribution in [0.25, 0.3) is 0 Å². The molecule has 0 fully saturated rings. The Bertz CT molecular complexity index is 329. The molecule has 1 unspecified atom stereocenters. The molecular weight excluding hydrogens is 252 g/mol. The van der Waals surface area contributed by atoms with Gasteiger partial charge in [-0.15, -0.1) is 6.58 Å². The maximum Gasteiger partial charge on any atom is 0.132 e. The molecule has 0 amide bonds. The normalized spacial score (nSPS) is 12.6. The summed E-state index contributed by atoms with van der Waals surface area (Å²) >= 11 is 3.01. The Hall–Kier alpha value is -0.740.